The van der Waals surface area contributed by atoms with E-state index in [2.05, 4.69) is 16.3 Å². The number of nitrogens with two attached hydrogens (primary N) is 1. The van der Waals surface area contributed by atoms with Gasteiger partial charge >= 0.3 is 6.61 Å². The van der Waals surface area contributed by atoms with Gasteiger partial charge in [0.2, 0.25) is 0 Å². The molecule has 0 saturated carbocycles. The average Bonchev–Trinajstić information content (AvgIpc) is 2.93. The summed E-state index contributed by atoms with van der Waals surface area (Å²) in [5, 5.41) is 0. The first kappa shape index (κ1) is 21.5. The molecule has 1 aromatic rings. The lowest BCUT2D eigenvalue weighted by Gasteiger charge is -2.33. The molecule has 0 fully saturated rings. The number of carbonyl (C=O) groups excluding carboxylic acids is 1. The molecule has 0 spiro atoms. The van der Waals surface area contributed by atoms with Gasteiger partial charge in [0.05, 0.1) is 6.10 Å². The van der Waals surface area contributed by atoms with Crippen LogP contribution in [0.15, 0.2) is 65.9 Å². The number of rotatable bonds is 8. The van der Waals surface area contributed by atoms with E-state index in [1.807, 2.05) is 6.92 Å². The van der Waals surface area contributed by atoms with Gasteiger partial charge in [0.1, 0.15) is 11.5 Å². The summed E-state index contributed by atoms with van der Waals surface area (Å²) in [5.41, 5.74) is 5.29. The average molecular weight is 417 g/mol. The Morgan fingerprint density at radius 3 is 2.77 bits per heavy atom. The summed E-state index contributed by atoms with van der Waals surface area (Å²) in [6, 6.07) is 7.16. The van der Waals surface area contributed by atoms with Crippen LogP contribution in [0.5, 0.6) is 5.75 Å². The van der Waals surface area contributed by atoms with Gasteiger partial charge in [0.25, 0.3) is 5.91 Å². The van der Waals surface area contributed by atoms with Gasteiger partial charge < -0.3 is 15.2 Å². The van der Waals surface area contributed by atoms with Crippen molar-refractivity contribution in [2.75, 3.05) is 7.05 Å². The summed E-state index contributed by atoms with van der Waals surface area (Å²) in [5.74, 6) is 0.0205. The molecule has 0 bridgehead atoms. The van der Waals surface area contributed by atoms with E-state index in [1.165, 1.54) is 17.1 Å². The number of carbonyl (C=O) groups is 1. The Morgan fingerprint density at radius 2 is 2.20 bits per heavy atom. The molecular formula is C22H25F2N3O3. The quantitative estimate of drug-likeness (QED) is 0.654. The number of hydrogen-bond acceptors (Lipinski definition) is 5. The molecule has 1 aliphatic carbocycles. The van der Waals surface area contributed by atoms with Crippen LogP contribution < -0.4 is 10.5 Å². The maximum absolute atomic E-state index is 13.3. The van der Waals surface area contributed by atoms with Gasteiger partial charge in [-0.3, -0.25) is 9.69 Å². The molecule has 0 aromatic heterocycles. The maximum atomic E-state index is 13.3. The Morgan fingerprint density at radius 1 is 1.43 bits per heavy atom. The van der Waals surface area contributed by atoms with Gasteiger partial charge in [-0.25, -0.2) is 4.99 Å². The highest BCUT2D eigenvalue weighted by Gasteiger charge is 2.52. The zero-order valence-corrected chi connectivity index (χ0v) is 16.9. The molecular weight excluding hydrogens is 392 g/mol. The number of alkyl halides is 2. The highest BCUT2D eigenvalue weighted by atomic mass is 19.3. The minimum Gasteiger partial charge on any atom is -0.490 e. The van der Waals surface area contributed by atoms with Crippen molar-refractivity contribution in [3.63, 3.8) is 0 Å². The number of guanidine groups is 1. The van der Waals surface area contributed by atoms with Gasteiger partial charge in [-0.05, 0) is 43.2 Å². The third-order valence-electron chi connectivity index (χ3n) is 5.20. The third kappa shape index (κ3) is 4.08. The third-order valence-corrected chi connectivity index (χ3v) is 5.20. The Bertz CT molecular complexity index is 913. The second kappa shape index (κ2) is 8.69. The van der Waals surface area contributed by atoms with Gasteiger partial charge in [0, 0.05) is 19.4 Å². The molecule has 1 aromatic carbocycles. The first-order chi connectivity index (χ1) is 14.3. The number of halogens is 2. The van der Waals surface area contributed by atoms with E-state index in [4.69, 9.17) is 10.5 Å². The SMILES string of the molecule is C=CC[C@@H](C)Oc1cccc([C@@]2(C3C=CC(OC(F)F)=CC3)N=C(N)N(C)C2=O)c1. The van der Waals surface area contributed by atoms with Crippen LogP contribution in [-0.2, 0) is 15.1 Å². The van der Waals surface area contributed by atoms with Crippen LogP contribution in [0.4, 0.5) is 8.78 Å². The van der Waals surface area contributed by atoms with E-state index >= 15 is 0 Å². The van der Waals surface area contributed by atoms with E-state index in [1.54, 1.807) is 43.5 Å². The second-order valence-corrected chi connectivity index (χ2v) is 7.27. The van der Waals surface area contributed by atoms with Crippen LogP contribution in [0.3, 0.4) is 0 Å². The molecule has 8 heteroatoms. The van der Waals surface area contributed by atoms with E-state index in [0.29, 0.717) is 17.7 Å². The van der Waals surface area contributed by atoms with Crippen molar-refractivity contribution in [1.82, 2.24) is 4.90 Å². The molecule has 1 heterocycles. The van der Waals surface area contributed by atoms with Crippen molar-refractivity contribution < 1.29 is 23.0 Å². The maximum Gasteiger partial charge on any atom is 0.387 e. The van der Waals surface area contributed by atoms with Crippen LogP contribution in [0.1, 0.15) is 25.3 Å². The van der Waals surface area contributed by atoms with E-state index in [9.17, 15) is 13.6 Å². The molecule has 0 radical (unpaired) electrons. The second-order valence-electron chi connectivity index (χ2n) is 7.27. The van der Waals surface area contributed by atoms with Crippen LogP contribution in [0.2, 0.25) is 0 Å². The molecule has 3 atom stereocenters. The Labute approximate surface area is 174 Å². The molecule has 2 N–H and O–H groups in total. The van der Waals surface area contributed by atoms with E-state index in [0.717, 1.165) is 0 Å². The zero-order chi connectivity index (χ0) is 21.9. The lowest BCUT2D eigenvalue weighted by molar-refractivity contribution is -0.132. The first-order valence-corrected chi connectivity index (χ1v) is 9.62. The Kier molecular flexibility index (Phi) is 6.24. The lowest BCUT2D eigenvalue weighted by Crippen LogP contribution is -2.44. The molecule has 1 amide bonds. The predicted octanol–water partition coefficient (Wildman–Crippen LogP) is 3.71. The Balaban J connectivity index is 1.98. The molecule has 2 aliphatic rings. The van der Waals surface area contributed by atoms with Gasteiger partial charge in [0.15, 0.2) is 11.5 Å². The molecule has 30 heavy (non-hydrogen) atoms. The van der Waals surface area contributed by atoms with Crippen molar-refractivity contribution >= 4 is 11.9 Å². The fraction of sp³-hybridized carbons (Fsp3) is 0.364. The van der Waals surface area contributed by atoms with Crippen LogP contribution in [0.25, 0.3) is 0 Å². The summed E-state index contributed by atoms with van der Waals surface area (Å²) in [6.07, 6.45) is 7.27. The van der Waals surface area contributed by atoms with Crippen LogP contribution >= 0.6 is 0 Å². The zero-order valence-electron chi connectivity index (χ0n) is 16.9. The topological polar surface area (TPSA) is 77.2 Å². The van der Waals surface area contributed by atoms with Crippen molar-refractivity contribution in [3.8, 4) is 5.75 Å². The number of amides is 1. The summed E-state index contributed by atoms with van der Waals surface area (Å²) >= 11 is 0. The van der Waals surface area contributed by atoms with Crippen molar-refractivity contribution in [1.29, 1.82) is 0 Å². The monoisotopic (exact) mass is 417 g/mol. The first-order valence-electron chi connectivity index (χ1n) is 9.62. The molecule has 6 nitrogen and oxygen atoms in total. The fourth-order valence-corrected chi connectivity index (χ4v) is 3.73. The highest BCUT2D eigenvalue weighted by Crippen LogP contribution is 2.44. The summed E-state index contributed by atoms with van der Waals surface area (Å²) in [6.45, 7) is 2.73. The van der Waals surface area contributed by atoms with E-state index in [-0.39, 0.29) is 30.2 Å². The number of hydrogen-bond donors (Lipinski definition) is 1. The summed E-state index contributed by atoms with van der Waals surface area (Å²) in [4.78, 5) is 19.2. The number of ether oxygens (including phenoxy) is 2. The smallest absolute Gasteiger partial charge is 0.387 e. The number of benzene rings is 1. The summed E-state index contributed by atoms with van der Waals surface area (Å²) < 4.78 is 35.4. The van der Waals surface area contributed by atoms with Crippen molar-refractivity contribution in [3.05, 3.63) is 66.5 Å². The molecule has 160 valence electrons. The van der Waals surface area contributed by atoms with Crippen molar-refractivity contribution in [2.45, 2.75) is 38.0 Å². The fourth-order valence-electron chi connectivity index (χ4n) is 3.73. The minimum absolute atomic E-state index is 0.0579. The summed E-state index contributed by atoms with van der Waals surface area (Å²) in [7, 11) is 1.56. The van der Waals surface area contributed by atoms with Crippen LogP contribution in [0, 0.1) is 5.92 Å². The van der Waals surface area contributed by atoms with E-state index < -0.39 is 18.1 Å². The normalized spacial score (nSPS) is 24.5. The standard InChI is InChI=1S/C22H25F2N3O3/c1-4-6-14(2)29-18-8-5-7-16(13-18)22(19(28)27(3)21(25)26-22)15-9-11-17(12-10-15)30-20(23)24/h4-5,7-9,11-15,20H,1,6,10H2,2-3H3,(H2,25,26)/t14-,15?,22-/m1/s1. The minimum atomic E-state index is -2.91. The lowest BCUT2D eigenvalue weighted by atomic mass is 9.74. The number of aliphatic imine (C=N–C) groups is 1. The largest absolute Gasteiger partial charge is 0.490 e. The predicted molar refractivity (Wildman–Crippen MR) is 110 cm³/mol. The van der Waals surface area contributed by atoms with Crippen molar-refractivity contribution in [2.24, 2.45) is 16.6 Å². The highest BCUT2D eigenvalue weighted by molar-refractivity contribution is 6.07. The van der Waals surface area contributed by atoms with Crippen LogP contribution in [-0.4, -0.2) is 36.5 Å². The van der Waals surface area contributed by atoms with Gasteiger partial charge in [-0.2, -0.15) is 8.78 Å². The Hall–Kier alpha value is -3.16. The van der Waals surface area contributed by atoms with Gasteiger partial charge in [-0.1, -0.05) is 24.3 Å². The number of likely N-dealkylation sites (N-methyl/N-ethyl adjacent to an activating group) is 1. The van der Waals surface area contributed by atoms with Gasteiger partial charge in [-0.15, -0.1) is 6.58 Å². The molecule has 1 aliphatic heterocycles. The molecule has 0 saturated heterocycles. The molecule has 3 rings (SSSR count). The number of allylic oxidation sites excluding steroid dienone is 2. The number of nitrogens with zero attached hydrogens (tertiary/aromatic N) is 2. The molecule has 1 unspecified atom stereocenters.